The summed E-state index contributed by atoms with van der Waals surface area (Å²) < 4.78 is 142. The zero-order chi connectivity index (χ0) is 18.3. The van der Waals surface area contributed by atoms with Gasteiger partial charge in [0.25, 0.3) is 10.4 Å². The van der Waals surface area contributed by atoms with Gasteiger partial charge in [0.2, 0.25) is 0 Å². The van der Waals surface area contributed by atoms with E-state index in [1.54, 1.807) is 0 Å². The van der Waals surface area contributed by atoms with Crippen LogP contribution in [0.15, 0.2) is 11.7 Å². The number of unbranched alkanes of at least 4 members (excludes halogenated alkanes) is 1. The predicted octanol–water partition coefficient (Wildman–Crippen LogP) is 3.73. The molecule has 0 aromatic rings. The highest BCUT2D eigenvalue weighted by molar-refractivity contribution is 7.93. The maximum absolute atomic E-state index is 14.0. The van der Waals surface area contributed by atoms with Crippen molar-refractivity contribution in [2.45, 2.75) is 47.9 Å². The first kappa shape index (κ1) is 18.4. The number of allylic oxidation sites excluding steroid dienone is 1. The second kappa shape index (κ2) is 4.37. The third-order valence-corrected chi connectivity index (χ3v) is 6.63. The second-order valence-electron chi connectivity index (χ2n) is 5.36. The Labute approximate surface area is 124 Å². The minimum absolute atomic E-state index is 0.0720. The molecule has 12 heteroatoms. The molecule has 2 atom stereocenters. The molecule has 0 amide bonds. The molecule has 0 N–H and O–H groups in total. The van der Waals surface area contributed by atoms with Crippen molar-refractivity contribution in [3.63, 3.8) is 0 Å². The molecule has 2 aliphatic rings. The quantitative estimate of drug-likeness (QED) is 0.701. The number of alkyl halides is 7. The van der Waals surface area contributed by atoms with E-state index in [9.17, 15) is 47.9 Å². The van der Waals surface area contributed by atoms with Crippen LogP contribution < -0.4 is 0 Å². The van der Waals surface area contributed by atoms with Gasteiger partial charge in [-0.3, -0.25) is 0 Å². The van der Waals surface area contributed by atoms with Crippen LogP contribution in [-0.2, 0) is 9.84 Å². The molecule has 1 saturated carbocycles. The van der Waals surface area contributed by atoms with Crippen LogP contribution in [0.5, 0.6) is 0 Å². The fourth-order valence-electron chi connectivity index (χ4n) is 2.95. The normalized spacial score (nSPS) is 37.5. The highest BCUT2D eigenvalue weighted by atomic mass is 32.2. The van der Waals surface area contributed by atoms with Gasteiger partial charge in [-0.05, 0) is 6.42 Å². The summed E-state index contributed by atoms with van der Waals surface area (Å²) in [7, 11) is -6.09. The standard InChI is InChI=1S/C11H9F9O2S/c1-2-3-4-23(21,22)8-6(13)5(12)7(14,9(8,15)16)10(17,18)11(8,19)20/h2-4H2,1H3. The molecule has 0 aliphatic heterocycles. The Morgan fingerprint density at radius 2 is 1.30 bits per heavy atom. The third kappa shape index (κ3) is 1.39. The molecule has 0 spiro atoms. The summed E-state index contributed by atoms with van der Waals surface area (Å²) >= 11 is 0. The van der Waals surface area contributed by atoms with E-state index in [4.69, 9.17) is 0 Å². The van der Waals surface area contributed by atoms with Crippen molar-refractivity contribution in [2.75, 3.05) is 5.75 Å². The average molecular weight is 376 g/mol. The van der Waals surface area contributed by atoms with Gasteiger partial charge in [-0.15, -0.1) is 0 Å². The molecule has 134 valence electrons. The fraction of sp³-hybridized carbons (Fsp3) is 0.818. The molecular weight excluding hydrogens is 367 g/mol. The zero-order valence-electron chi connectivity index (χ0n) is 11.2. The maximum Gasteiger partial charge on any atom is 0.358 e. The first-order valence-corrected chi connectivity index (χ1v) is 7.89. The van der Waals surface area contributed by atoms with Gasteiger partial charge in [0, 0.05) is 0 Å². The lowest BCUT2D eigenvalue weighted by atomic mass is 9.95. The van der Waals surface area contributed by atoms with Crippen molar-refractivity contribution in [1.82, 2.24) is 0 Å². The van der Waals surface area contributed by atoms with E-state index in [0.29, 0.717) is 0 Å². The minimum Gasteiger partial charge on any atom is -0.227 e. The molecule has 0 aromatic carbocycles. The number of hydrogen-bond donors (Lipinski definition) is 0. The summed E-state index contributed by atoms with van der Waals surface area (Å²) in [6, 6.07) is 0. The molecule has 0 saturated heterocycles. The van der Waals surface area contributed by atoms with Crippen molar-refractivity contribution >= 4 is 9.84 Å². The SMILES string of the molecule is CCCCS(=O)(=O)C12C(F)=C(F)C(F)(C(F)(F)C1(F)F)C2(F)F. The molecule has 1 fully saturated rings. The number of rotatable bonds is 4. The summed E-state index contributed by atoms with van der Waals surface area (Å²) in [4.78, 5) is 0. The van der Waals surface area contributed by atoms with Crippen LogP contribution in [0.2, 0.25) is 0 Å². The van der Waals surface area contributed by atoms with Crippen LogP contribution in [0.3, 0.4) is 0 Å². The van der Waals surface area contributed by atoms with Crippen molar-refractivity contribution < 1.29 is 47.9 Å². The monoisotopic (exact) mass is 376 g/mol. The summed E-state index contributed by atoms with van der Waals surface area (Å²) in [5.41, 5.74) is -6.08. The van der Waals surface area contributed by atoms with Gasteiger partial charge in [0.05, 0.1) is 5.75 Å². The molecule has 2 nitrogen and oxygen atoms in total. The average Bonchev–Trinajstić information content (AvgIpc) is 2.57. The first-order valence-electron chi connectivity index (χ1n) is 6.23. The lowest BCUT2D eigenvalue weighted by Crippen LogP contribution is -2.63. The van der Waals surface area contributed by atoms with Gasteiger partial charge in [-0.2, -0.15) is 26.3 Å². The van der Waals surface area contributed by atoms with Gasteiger partial charge >= 0.3 is 17.8 Å². The van der Waals surface area contributed by atoms with E-state index < -0.39 is 61.8 Å². The number of sulfone groups is 1. The Bertz CT molecular complexity index is 684. The van der Waals surface area contributed by atoms with Crippen molar-refractivity contribution in [1.29, 1.82) is 0 Å². The largest absolute Gasteiger partial charge is 0.358 e. The lowest BCUT2D eigenvalue weighted by Gasteiger charge is -2.36. The van der Waals surface area contributed by atoms with E-state index in [2.05, 4.69) is 0 Å². The number of halogens is 9. The predicted molar refractivity (Wildman–Crippen MR) is 59.3 cm³/mol. The summed E-state index contributed by atoms with van der Waals surface area (Å²) in [6.45, 7) is 1.30. The Kier molecular flexibility index (Phi) is 3.49. The molecular formula is C11H9F9O2S. The van der Waals surface area contributed by atoms with Crippen LogP contribution in [0.25, 0.3) is 0 Å². The van der Waals surface area contributed by atoms with Gasteiger partial charge in [0.15, 0.2) is 21.5 Å². The van der Waals surface area contributed by atoms with Crippen molar-refractivity contribution in [2.24, 2.45) is 0 Å². The van der Waals surface area contributed by atoms with Crippen molar-refractivity contribution in [3.8, 4) is 0 Å². The summed E-state index contributed by atoms with van der Waals surface area (Å²) in [5.74, 6) is -27.6. The second-order valence-corrected chi connectivity index (χ2v) is 7.61. The molecule has 2 unspecified atom stereocenters. The summed E-state index contributed by atoms with van der Waals surface area (Å²) in [6.07, 6.45) is -0.645. The zero-order valence-corrected chi connectivity index (χ0v) is 12.1. The Morgan fingerprint density at radius 3 is 1.74 bits per heavy atom. The highest BCUT2D eigenvalue weighted by Gasteiger charge is 3.07. The lowest BCUT2D eigenvalue weighted by molar-refractivity contribution is -0.251. The van der Waals surface area contributed by atoms with Gasteiger partial charge in [0.1, 0.15) is 0 Å². The molecule has 0 radical (unpaired) electrons. The topological polar surface area (TPSA) is 34.1 Å². The van der Waals surface area contributed by atoms with E-state index in [1.807, 2.05) is 0 Å². The molecule has 2 aliphatic carbocycles. The van der Waals surface area contributed by atoms with Crippen LogP contribution >= 0.6 is 0 Å². The van der Waals surface area contributed by atoms with Crippen LogP contribution in [-0.4, -0.2) is 42.4 Å². The molecule has 0 aromatic heterocycles. The van der Waals surface area contributed by atoms with E-state index in [1.165, 1.54) is 6.92 Å². The molecule has 23 heavy (non-hydrogen) atoms. The molecule has 2 bridgehead atoms. The Hall–Kier alpha value is -0.940. The first-order chi connectivity index (χ1) is 10.1. The maximum atomic E-state index is 14.0. The smallest absolute Gasteiger partial charge is 0.227 e. The van der Waals surface area contributed by atoms with Crippen LogP contribution in [0, 0.1) is 0 Å². The highest BCUT2D eigenvalue weighted by Crippen LogP contribution is 2.78. The van der Waals surface area contributed by atoms with Crippen LogP contribution in [0.4, 0.5) is 39.5 Å². The fourth-order valence-corrected chi connectivity index (χ4v) is 5.33. The van der Waals surface area contributed by atoms with Crippen LogP contribution in [0.1, 0.15) is 19.8 Å². The third-order valence-electron chi connectivity index (χ3n) is 4.18. The Morgan fingerprint density at radius 1 is 0.826 bits per heavy atom. The number of hydrogen-bond acceptors (Lipinski definition) is 2. The minimum atomic E-state index is -6.46. The molecule has 2 rings (SSSR count). The molecule has 0 heterocycles. The number of fused-ring (bicyclic) bond motifs is 2. The summed E-state index contributed by atoms with van der Waals surface area (Å²) in [5, 5.41) is 0. The van der Waals surface area contributed by atoms with Crippen molar-refractivity contribution in [3.05, 3.63) is 11.7 Å². The van der Waals surface area contributed by atoms with Gasteiger partial charge in [-0.25, -0.2) is 21.6 Å². The van der Waals surface area contributed by atoms with Gasteiger partial charge < -0.3 is 0 Å². The van der Waals surface area contributed by atoms with E-state index in [-0.39, 0.29) is 6.42 Å². The Balaban J connectivity index is 2.95. The van der Waals surface area contributed by atoms with E-state index in [0.717, 1.165) is 0 Å². The van der Waals surface area contributed by atoms with E-state index >= 15 is 0 Å². The van der Waals surface area contributed by atoms with Gasteiger partial charge in [-0.1, -0.05) is 13.3 Å².